The molecule has 0 aliphatic carbocycles. The fourth-order valence-corrected chi connectivity index (χ4v) is 2.75. The lowest BCUT2D eigenvalue weighted by Gasteiger charge is -2.45. The maximum absolute atomic E-state index is 13.4. The van der Waals surface area contributed by atoms with Crippen LogP contribution >= 0.6 is 0 Å². The molecule has 6 N–H and O–H groups in total. The highest BCUT2D eigenvalue weighted by molar-refractivity contribution is 4.96. The summed E-state index contributed by atoms with van der Waals surface area (Å²) in [6.07, 6.45) is -15.2. The number of nitrogens with zero attached hydrogens (tertiary/aromatic N) is 3. The van der Waals surface area contributed by atoms with Crippen LogP contribution in [0.3, 0.4) is 0 Å². The van der Waals surface area contributed by atoms with Crippen LogP contribution in [0.5, 0.6) is 0 Å². The van der Waals surface area contributed by atoms with E-state index in [-0.39, 0.29) is 0 Å². The maximum atomic E-state index is 13.4. The molecule has 0 aromatic heterocycles. The Morgan fingerprint density at radius 1 is 0.960 bits per heavy atom. The molecule has 0 spiro atoms. The summed E-state index contributed by atoms with van der Waals surface area (Å²) < 4.78 is 28.6. The molecule has 2 rings (SSSR count). The lowest BCUT2D eigenvalue weighted by Crippen LogP contribution is -2.63. The van der Waals surface area contributed by atoms with Gasteiger partial charge in [-0.1, -0.05) is 5.11 Å². The van der Waals surface area contributed by atoms with E-state index < -0.39 is 74.6 Å². The van der Waals surface area contributed by atoms with Crippen LogP contribution in [-0.4, -0.2) is 105 Å². The van der Waals surface area contributed by atoms with E-state index in [2.05, 4.69) is 14.8 Å². The molecule has 0 bridgehead atoms. The molecule has 144 valence electrons. The first kappa shape index (κ1) is 20.2. The summed E-state index contributed by atoms with van der Waals surface area (Å²) in [6.45, 7) is -1.46. The average molecular weight is 369 g/mol. The highest BCUT2D eigenvalue weighted by atomic mass is 19.1. The molecule has 0 aromatic rings. The van der Waals surface area contributed by atoms with Crippen LogP contribution in [0.1, 0.15) is 0 Å². The molecular weight excluding hydrogens is 349 g/mol. The summed E-state index contributed by atoms with van der Waals surface area (Å²) in [6, 6.07) is -1.30. The van der Waals surface area contributed by atoms with Crippen LogP contribution in [-0.2, 0) is 14.2 Å². The zero-order valence-corrected chi connectivity index (χ0v) is 12.8. The van der Waals surface area contributed by atoms with Gasteiger partial charge in [0, 0.05) is 4.91 Å². The van der Waals surface area contributed by atoms with Gasteiger partial charge in [-0.3, -0.25) is 0 Å². The van der Waals surface area contributed by atoms with Gasteiger partial charge in [0.2, 0.25) is 6.36 Å². The standard InChI is InChI=1S/C12H20FN3O9/c13-11-8(21)7(20)10(4(2-18)23-11)25-12-9(22)6(19)5(15-16-14)3(1-17)24-12/h3-12,17-22H,1-2H2/t3?,4?,5-,6-,7+,8?,9?,10-,11+,12-/m0/s1. The van der Waals surface area contributed by atoms with Crippen molar-refractivity contribution in [1.82, 2.24) is 0 Å². The van der Waals surface area contributed by atoms with Gasteiger partial charge in [0.25, 0.3) is 0 Å². The Morgan fingerprint density at radius 3 is 2.16 bits per heavy atom. The highest BCUT2D eigenvalue weighted by Crippen LogP contribution is 2.30. The third-order valence-electron chi connectivity index (χ3n) is 4.13. The summed E-state index contributed by atoms with van der Waals surface area (Å²) in [4.78, 5) is 2.49. The van der Waals surface area contributed by atoms with Crippen LogP contribution in [0.25, 0.3) is 10.4 Å². The molecule has 12 nitrogen and oxygen atoms in total. The molecule has 2 aliphatic heterocycles. The molecule has 0 aromatic carbocycles. The van der Waals surface area contributed by atoms with Gasteiger partial charge in [0.15, 0.2) is 6.29 Å². The van der Waals surface area contributed by atoms with Gasteiger partial charge in [-0.25, -0.2) is 4.39 Å². The Balaban J connectivity index is 2.16. The predicted molar refractivity (Wildman–Crippen MR) is 74.4 cm³/mol. The molecule has 25 heavy (non-hydrogen) atoms. The van der Waals surface area contributed by atoms with Gasteiger partial charge in [0.05, 0.1) is 31.5 Å². The third-order valence-corrected chi connectivity index (χ3v) is 4.13. The molecule has 2 aliphatic rings. The molecule has 0 saturated carbocycles. The molecule has 4 unspecified atom stereocenters. The summed E-state index contributed by atoms with van der Waals surface area (Å²) >= 11 is 0. The first-order chi connectivity index (χ1) is 11.8. The summed E-state index contributed by atoms with van der Waals surface area (Å²) in [5.74, 6) is 0. The molecule has 2 saturated heterocycles. The molecule has 2 heterocycles. The third kappa shape index (κ3) is 4.01. The molecular formula is C12H20FN3O9. The lowest BCUT2D eigenvalue weighted by molar-refractivity contribution is -0.338. The van der Waals surface area contributed by atoms with Gasteiger partial charge < -0.3 is 44.8 Å². The number of aliphatic hydroxyl groups excluding tert-OH is 6. The quantitative estimate of drug-likeness (QED) is 0.165. The van der Waals surface area contributed by atoms with Crippen LogP contribution < -0.4 is 0 Å². The van der Waals surface area contributed by atoms with E-state index >= 15 is 0 Å². The van der Waals surface area contributed by atoms with Gasteiger partial charge in [0.1, 0.15) is 30.5 Å². The summed E-state index contributed by atoms with van der Waals surface area (Å²) in [5.41, 5.74) is 8.47. The maximum Gasteiger partial charge on any atom is 0.228 e. The Labute approximate surface area is 140 Å². The Morgan fingerprint density at radius 2 is 1.60 bits per heavy atom. The van der Waals surface area contributed by atoms with Crippen LogP contribution in [0.4, 0.5) is 4.39 Å². The molecule has 0 amide bonds. The fourth-order valence-electron chi connectivity index (χ4n) is 2.75. The number of rotatable bonds is 5. The predicted octanol–water partition coefficient (Wildman–Crippen LogP) is -3.10. The smallest absolute Gasteiger partial charge is 0.228 e. The molecule has 13 heteroatoms. The zero-order chi connectivity index (χ0) is 18.7. The van der Waals surface area contributed by atoms with Crippen molar-refractivity contribution in [3.8, 4) is 0 Å². The second-order valence-corrected chi connectivity index (χ2v) is 5.69. The minimum Gasteiger partial charge on any atom is -0.394 e. The van der Waals surface area contributed by atoms with E-state index in [0.717, 1.165) is 0 Å². The first-order valence-electron chi connectivity index (χ1n) is 7.44. The van der Waals surface area contributed by atoms with E-state index in [1.807, 2.05) is 0 Å². The molecule has 0 radical (unpaired) electrons. The second kappa shape index (κ2) is 8.51. The SMILES string of the molecule is [N-]=[N+]=N[C@H]1C(CO)O[C@@H](O[C@H]2C(CO)O[C@@H](F)C(O)[C@H]2O)C(O)[C@H]1O. The summed E-state index contributed by atoms with van der Waals surface area (Å²) in [5, 5.41) is 61.3. The van der Waals surface area contributed by atoms with E-state index in [1.54, 1.807) is 0 Å². The minimum atomic E-state index is -2.26. The molecule has 2 fully saturated rings. The van der Waals surface area contributed by atoms with E-state index in [1.165, 1.54) is 0 Å². The minimum absolute atomic E-state index is 0.685. The first-order valence-corrected chi connectivity index (χ1v) is 7.44. The number of hydrogen-bond acceptors (Lipinski definition) is 10. The largest absolute Gasteiger partial charge is 0.394 e. The Kier molecular flexibility index (Phi) is 6.87. The summed E-state index contributed by atoms with van der Waals surface area (Å²) in [7, 11) is 0. The van der Waals surface area contributed by atoms with Crippen molar-refractivity contribution >= 4 is 0 Å². The number of azide groups is 1. The van der Waals surface area contributed by atoms with E-state index in [9.17, 15) is 35.0 Å². The van der Waals surface area contributed by atoms with Crippen molar-refractivity contribution in [2.45, 2.75) is 61.4 Å². The van der Waals surface area contributed by atoms with Crippen molar-refractivity contribution < 1.29 is 49.2 Å². The van der Waals surface area contributed by atoms with Crippen LogP contribution in [0.2, 0.25) is 0 Å². The number of hydrogen-bond donors (Lipinski definition) is 6. The number of aliphatic hydroxyl groups is 6. The van der Waals surface area contributed by atoms with Gasteiger partial charge >= 0.3 is 0 Å². The van der Waals surface area contributed by atoms with Gasteiger partial charge in [-0.05, 0) is 5.53 Å². The van der Waals surface area contributed by atoms with Crippen molar-refractivity contribution in [2.24, 2.45) is 5.11 Å². The van der Waals surface area contributed by atoms with Gasteiger partial charge in [-0.15, -0.1) is 0 Å². The van der Waals surface area contributed by atoms with E-state index in [0.29, 0.717) is 0 Å². The lowest BCUT2D eigenvalue weighted by atomic mass is 9.96. The normalized spacial score (nSPS) is 48.0. The van der Waals surface area contributed by atoms with Crippen molar-refractivity contribution in [3.63, 3.8) is 0 Å². The van der Waals surface area contributed by atoms with E-state index in [4.69, 9.17) is 15.0 Å². The van der Waals surface area contributed by atoms with Crippen LogP contribution in [0, 0.1) is 0 Å². The Bertz CT molecular complexity index is 492. The highest BCUT2D eigenvalue weighted by Gasteiger charge is 2.50. The average Bonchev–Trinajstić information content (AvgIpc) is 2.61. The second-order valence-electron chi connectivity index (χ2n) is 5.69. The Hall–Kier alpha value is -1.12. The van der Waals surface area contributed by atoms with Crippen molar-refractivity contribution in [1.29, 1.82) is 0 Å². The van der Waals surface area contributed by atoms with Crippen molar-refractivity contribution in [2.75, 3.05) is 13.2 Å². The molecule has 10 atom stereocenters. The topological polar surface area (TPSA) is 198 Å². The number of alkyl halides is 1. The van der Waals surface area contributed by atoms with Crippen molar-refractivity contribution in [3.05, 3.63) is 10.4 Å². The van der Waals surface area contributed by atoms with Gasteiger partial charge in [-0.2, -0.15) is 0 Å². The van der Waals surface area contributed by atoms with Crippen LogP contribution in [0.15, 0.2) is 5.11 Å². The zero-order valence-electron chi connectivity index (χ0n) is 12.8. The number of halogens is 1. The monoisotopic (exact) mass is 369 g/mol. The fraction of sp³-hybridized carbons (Fsp3) is 1.00. The number of ether oxygens (including phenoxy) is 3.